The summed E-state index contributed by atoms with van der Waals surface area (Å²) in [6.45, 7) is 1.91. The van der Waals surface area contributed by atoms with Crippen molar-refractivity contribution in [2.75, 3.05) is 12.9 Å². The number of hydrogen-bond acceptors (Lipinski definition) is 4. The Balaban J connectivity index is 2.69. The molecule has 0 amide bonds. The molecule has 1 heterocycles. The van der Waals surface area contributed by atoms with E-state index < -0.39 is 9.84 Å². The minimum Gasteiger partial charge on any atom is -0.399 e. The molecule has 15 heavy (non-hydrogen) atoms. The summed E-state index contributed by atoms with van der Waals surface area (Å²) in [6, 6.07) is 5.22. The SMILES string of the molecule is CO/N=C1/CS(=O)(=O)c2ccc(C)cc21. The molecule has 0 spiro atoms. The van der Waals surface area contributed by atoms with E-state index in [1.165, 1.54) is 7.11 Å². The Labute approximate surface area is 88.5 Å². The van der Waals surface area contributed by atoms with Crippen molar-refractivity contribution in [2.24, 2.45) is 5.16 Å². The molecule has 1 aromatic carbocycles. The topological polar surface area (TPSA) is 55.7 Å². The minimum atomic E-state index is -3.20. The minimum absolute atomic E-state index is 0.0698. The smallest absolute Gasteiger partial charge is 0.184 e. The van der Waals surface area contributed by atoms with Crippen LogP contribution >= 0.6 is 0 Å². The van der Waals surface area contributed by atoms with E-state index in [1.807, 2.05) is 13.0 Å². The molecule has 1 aromatic rings. The summed E-state index contributed by atoms with van der Waals surface area (Å²) >= 11 is 0. The summed E-state index contributed by atoms with van der Waals surface area (Å²) in [4.78, 5) is 4.99. The Bertz CT molecular complexity index is 532. The third-order valence-corrected chi connectivity index (χ3v) is 3.99. The van der Waals surface area contributed by atoms with Crippen molar-refractivity contribution in [1.29, 1.82) is 0 Å². The zero-order valence-corrected chi connectivity index (χ0v) is 9.34. The Morgan fingerprint density at radius 2 is 2.13 bits per heavy atom. The lowest BCUT2D eigenvalue weighted by Gasteiger charge is -1.99. The number of rotatable bonds is 1. The summed E-state index contributed by atoms with van der Waals surface area (Å²) in [5.41, 5.74) is 2.16. The van der Waals surface area contributed by atoms with E-state index in [0.29, 0.717) is 16.2 Å². The zero-order chi connectivity index (χ0) is 11.1. The van der Waals surface area contributed by atoms with E-state index in [4.69, 9.17) is 0 Å². The van der Waals surface area contributed by atoms with Crippen LogP contribution in [0.25, 0.3) is 0 Å². The molecule has 0 fully saturated rings. The van der Waals surface area contributed by atoms with Gasteiger partial charge in [-0.3, -0.25) is 0 Å². The summed E-state index contributed by atoms with van der Waals surface area (Å²) in [5.74, 6) is -0.0698. The number of benzene rings is 1. The second-order valence-electron chi connectivity index (χ2n) is 3.48. The quantitative estimate of drug-likeness (QED) is 0.673. The van der Waals surface area contributed by atoms with Gasteiger partial charge in [0.2, 0.25) is 0 Å². The molecule has 0 aliphatic carbocycles. The number of fused-ring (bicyclic) bond motifs is 1. The summed E-state index contributed by atoms with van der Waals surface area (Å²) in [6.07, 6.45) is 0. The molecule has 1 aliphatic rings. The molecule has 0 radical (unpaired) electrons. The molecule has 1 aliphatic heterocycles. The van der Waals surface area contributed by atoms with Gasteiger partial charge < -0.3 is 4.84 Å². The molecule has 0 aromatic heterocycles. The maximum absolute atomic E-state index is 11.7. The fourth-order valence-electron chi connectivity index (χ4n) is 1.66. The third-order valence-electron chi connectivity index (χ3n) is 2.31. The van der Waals surface area contributed by atoms with Gasteiger partial charge in [0.1, 0.15) is 18.6 Å². The Morgan fingerprint density at radius 1 is 1.40 bits per heavy atom. The van der Waals surface area contributed by atoms with Crippen molar-refractivity contribution in [3.8, 4) is 0 Å². The van der Waals surface area contributed by atoms with Gasteiger partial charge in [-0.05, 0) is 19.1 Å². The molecule has 0 atom stereocenters. The lowest BCUT2D eigenvalue weighted by atomic mass is 10.1. The highest BCUT2D eigenvalue weighted by Gasteiger charge is 2.32. The van der Waals surface area contributed by atoms with Crippen LogP contribution in [0.5, 0.6) is 0 Å². The monoisotopic (exact) mass is 225 g/mol. The van der Waals surface area contributed by atoms with Crippen molar-refractivity contribution in [3.63, 3.8) is 0 Å². The van der Waals surface area contributed by atoms with Crippen LogP contribution in [0.3, 0.4) is 0 Å². The highest BCUT2D eigenvalue weighted by molar-refractivity contribution is 7.92. The van der Waals surface area contributed by atoms with Crippen molar-refractivity contribution < 1.29 is 13.3 Å². The molecule has 2 rings (SSSR count). The summed E-state index contributed by atoms with van der Waals surface area (Å²) in [5, 5.41) is 3.74. The first-order valence-electron chi connectivity index (χ1n) is 4.48. The number of aryl methyl sites for hydroxylation is 1. The molecule has 4 nitrogen and oxygen atoms in total. The van der Waals surface area contributed by atoms with Gasteiger partial charge in [0.25, 0.3) is 0 Å². The fraction of sp³-hybridized carbons (Fsp3) is 0.300. The van der Waals surface area contributed by atoms with E-state index in [2.05, 4.69) is 9.99 Å². The number of sulfone groups is 1. The summed E-state index contributed by atoms with van der Waals surface area (Å²) in [7, 11) is -1.79. The van der Waals surface area contributed by atoms with Gasteiger partial charge in [-0.25, -0.2) is 8.42 Å². The van der Waals surface area contributed by atoms with Crippen LogP contribution in [-0.2, 0) is 14.7 Å². The zero-order valence-electron chi connectivity index (χ0n) is 8.52. The van der Waals surface area contributed by atoms with Gasteiger partial charge in [-0.1, -0.05) is 16.8 Å². The average Bonchev–Trinajstić information content (AvgIpc) is 2.39. The van der Waals surface area contributed by atoms with Crippen molar-refractivity contribution in [2.45, 2.75) is 11.8 Å². The molecule has 0 saturated carbocycles. The predicted molar refractivity (Wildman–Crippen MR) is 56.8 cm³/mol. The molecule has 0 saturated heterocycles. The lowest BCUT2D eigenvalue weighted by molar-refractivity contribution is 0.213. The van der Waals surface area contributed by atoms with E-state index in [9.17, 15) is 8.42 Å². The predicted octanol–water partition coefficient (Wildman–Crippen LogP) is 1.13. The van der Waals surface area contributed by atoms with Gasteiger partial charge in [0.15, 0.2) is 9.84 Å². The molecular weight excluding hydrogens is 214 g/mol. The van der Waals surface area contributed by atoms with E-state index in [1.54, 1.807) is 12.1 Å². The Hall–Kier alpha value is -1.36. The second-order valence-corrected chi connectivity index (χ2v) is 5.44. The molecular formula is C10H11NO3S. The van der Waals surface area contributed by atoms with Crippen LogP contribution in [0.1, 0.15) is 11.1 Å². The number of hydrogen-bond donors (Lipinski definition) is 0. The molecule has 0 unspecified atom stereocenters. The first kappa shape index (κ1) is 10.2. The largest absolute Gasteiger partial charge is 0.399 e. The van der Waals surface area contributed by atoms with Crippen molar-refractivity contribution >= 4 is 15.5 Å². The van der Waals surface area contributed by atoms with Gasteiger partial charge in [0, 0.05) is 5.56 Å². The Kier molecular flexibility index (Phi) is 2.26. The average molecular weight is 225 g/mol. The maximum atomic E-state index is 11.7. The van der Waals surface area contributed by atoms with Gasteiger partial charge in [0.05, 0.1) is 4.90 Å². The fourth-order valence-corrected chi connectivity index (χ4v) is 3.17. The molecule has 0 N–H and O–H groups in total. The molecule has 80 valence electrons. The molecule has 0 bridgehead atoms. The van der Waals surface area contributed by atoms with Crippen molar-refractivity contribution in [3.05, 3.63) is 29.3 Å². The summed E-state index contributed by atoms with van der Waals surface area (Å²) < 4.78 is 23.4. The lowest BCUT2D eigenvalue weighted by Crippen LogP contribution is -2.05. The third kappa shape index (κ3) is 1.63. The Morgan fingerprint density at radius 3 is 2.80 bits per heavy atom. The highest BCUT2D eigenvalue weighted by atomic mass is 32.2. The van der Waals surface area contributed by atoms with E-state index in [0.717, 1.165) is 5.56 Å². The van der Waals surface area contributed by atoms with Crippen LogP contribution in [-0.4, -0.2) is 27.0 Å². The first-order valence-corrected chi connectivity index (χ1v) is 6.13. The van der Waals surface area contributed by atoms with Crippen LogP contribution < -0.4 is 0 Å². The van der Waals surface area contributed by atoms with Crippen LogP contribution in [0, 0.1) is 6.92 Å². The van der Waals surface area contributed by atoms with Gasteiger partial charge >= 0.3 is 0 Å². The van der Waals surface area contributed by atoms with Crippen LogP contribution in [0.2, 0.25) is 0 Å². The van der Waals surface area contributed by atoms with Crippen LogP contribution in [0.4, 0.5) is 0 Å². The molecule has 5 heteroatoms. The normalized spacial score (nSPS) is 20.3. The van der Waals surface area contributed by atoms with Gasteiger partial charge in [-0.15, -0.1) is 0 Å². The van der Waals surface area contributed by atoms with Crippen LogP contribution in [0.15, 0.2) is 28.3 Å². The number of oxime groups is 1. The second kappa shape index (κ2) is 3.34. The highest BCUT2D eigenvalue weighted by Crippen LogP contribution is 2.27. The standard InChI is InChI=1S/C10H11NO3S/c1-7-3-4-10-8(5-7)9(11-14-2)6-15(10,12)13/h3-5H,6H2,1-2H3/b11-9-. The number of nitrogens with zero attached hydrogens (tertiary/aromatic N) is 1. The first-order chi connectivity index (χ1) is 7.04. The van der Waals surface area contributed by atoms with Crippen molar-refractivity contribution in [1.82, 2.24) is 0 Å². The maximum Gasteiger partial charge on any atom is 0.184 e. The van der Waals surface area contributed by atoms with E-state index >= 15 is 0 Å². The van der Waals surface area contributed by atoms with Gasteiger partial charge in [-0.2, -0.15) is 0 Å². The van der Waals surface area contributed by atoms with E-state index in [-0.39, 0.29) is 5.75 Å².